The molecule has 0 heterocycles. The van der Waals surface area contributed by atoms with Crippen LogP contribution in [0.25, 0.3) is 0 Å². The summed E-state index contributed by atoms with van der Waals surface area (Å²) in [5.41, 5.74) is 0.559. The summed E-state index contributed by atoms with van der Waals surface area (Å²) in [6.07, 6.45) is 10.2. The van der Waals surface area contributed by atoms with E-state index >= 15 is 0 Å². The van der Waals surface area contributed by atoms with E-state index in [4.69, 9.17) is 9.47 Å². The second kappa shape index (κ2) is 7.17. The fourth-order valence-electron chi connectivity index (χ4n) is 7.64. The van der Waals surface area contributed by atoms with Gasteiger partial charge in [-0.1, -0.05) is 13.8 Å². The van der Waals surface area contributed by atoms with Crippen LogP contribution in [0.2, 0.25) is 0 Å². The molecule has 4 aliphatic rings. The molecule has 0 radical (unpaired) electrons. The number of hydrogen-bond donors (Lipinski definition) is 0. The van der Waals surface area contributed by atoms with Crippen LogP contribution in [0.3, 0.4) is 0 Å². The van der Waals surface area contributed by atoms with Gasteiger partial charge >= 0.3 is 5.97 Å². The molecule has 4 rings (SSSR count). The predicted molar refractivity (Wildman–Crippen MR) is 103 cm³/mol. The third-order valence-corrected chi connectivity index (χ3v) is 9.10. The average molecular weight is 377 g/mol. The highest BCUT2D eigenvalue weighted by molar-refractivity contribution is 5.79. The van der Waals surface area contributed by atoms with Gasteiger partial charge in [-0.3, -0.25) is 4.79 Å². The second-order valence-corrected chi connectivity index (χ2v) is 10.1. The Kier molecular flexibility index (Phi) is 5.15. The Balaban J connectivity index is 1.47. The number of fused-ring (bicyclic) bond motifs is 5. The lowest BCUT2D eigenvalue weighted by atomic mass is 9.45. The topological polar surface area (TPSA) is 52.6 Å². The first kappa shape index (κ1) is 19.4. The first-order valence-corrected chi connectivity index (χ1v) is 11.2. The van der Waals surface area contributed by atoms with Crippen molar-refractivity contribution in [1.82, 2.24) is 0 Å². The number of rotatable bonds is 4. The minimum Gasteiger partial charge on any atom is -0.464 e. The second-order valence-electron chi connectivity index (χ2n) is 10.1. The zero-order chi connectivity index (χ0) is 19.2. The smallest absolute Gasteiger partial charge is 0.332 e. The van der Waals surface area contributed by atoms with Gasteiger partial charge in [-0.25, -0.2) is 4.79 Å². The highest BCUT2D eigenvalue weighted by Gasteiger charge is 2.60. The maximum Gasteiger partial charge on any atom is 0.332 e. The predicted octanol–water partition coefficient (Wildman–Crippen LogP) is 4.55. The van der Waals surface area contributed by atoms with Gasteiger partial charge in [-0.2, -0.15) is 0 Å². The summed E-state index contributed by atoms with van der Waals surface area (Å²) < 4.78 is 11.1. The van der Waals surface area contributed by atoms with Gasteiger partial charge in [0.25, 0.3) is 0 Å². The zero-order valence-corrected chi connectivity index (χ0v) is 17.3. The van der Waals surface area contributed by atoms with Crippen LogP contribution in [0.5, 0.6) is 0 Å². The largest absolute Gasteiger partial charge is 0.464 e. The summed E-state index contributed by atoms with van der Waals surface area (Å²) in [5, 5.41) is 0. The van der Waals surface area contributed by atoms with Crippen molar-refractivity contribution in [2.75, 3.05) is 13.2 Å². The van der Waals surface area contributed by atoms with Crippen molar-refractivity contribution in [2.24, 2.45) is 34.5 Å². The third kappa shape index (κ3) is 3.16. The van der Waals surface area contributed by atoms with E-state index in [0.717, 1.165) is 37.5 Å². The Morgan fingerprint density at radius 2 is 1.81 bits per heavy atom. The normalized spacial score (nSPS) is 46.3. The van der Waals surface area contributed by atoms with E-state index < -0.39 is 0 Å². The van der Waals surface area contributed by atoms with E-state index in [1.54, 1.807) is 0 Å². The van der Waals surface area contributed by atoms with Crippen LogP contribution in [0.15, 0.2) is 0 Å². The maximum absolute atomic E-state index is 12.0. The zero-order valence-electron chi connectivity index (χ0n) is 17.3. The number of carbonyl (C=O) groups excluding carboxylic acids is 2. The molecule has 0 aromatic carbocycles. The van der Waals surface area contributed by atoms with Crippen LogP contribution >= 0.6 is 0 Å². The molecule has 4 fully saturated rings. The van der Waals surface area contributed by atoms with E-state index in [2.05, 4.69) is 13.8 Å². The molecule has 0 spiro atoms. The molecule has 0 aliphatic heterocycles. The van der Waals surface area contributed by atoms with Gasteiger partial charge in [0.1, 0.15) is 12.4 Å². The standard InChI is InChI=1S/C23H36O4/c1-4-26-21(25)14-27-20-8-7-18-17-6-5-15-13-16(24)9-11-22(15,2)19(17)10-12-23(18,20)3/h15,17-20H,4-14H2,1-3H3/t15-,17?,18-,19-,20-,22-,23-/m0/s1. The summed E-state index contributed by atoms with van der Waals surface area (Å²) in [4.78, 5) is 23.8. The molecule has 0 N–H and O–H groups in total. The minimum absolute atomic E-state index is 0.0941. The molecule has 0 aromatic rings. The lowest BCUT2D eigenvalue weighted by molar-refractivity contribution is -0.160. The molecule has 4 saturated carbocycles. The SMILES string of the molecule is CCOC(=O)CO[C@H]1CC[C@H]2C3CC[C@H]4CC(=O)CC[C@]4(C)[C@H]3CC[C@]12C. The van der Waals surface area contributed by atoms with Crippen LogP contribution < -0.4 is 0 Å². The molecule has 1 unspecified atom stereocenters. The van der Waals surface area contributed by atoms with E-state index in [-0.39, 0.29) is 24.1 Å². The lowest BCUT2D eigenvalue weighted by Gasteiger charge is -2.60. The molecule has 0 saturated heterocycles. The van der Waals surface area contributed by atoms with Crippen molar-refractivity contribution in [3.8, 4) is 0 Å². The summed E-state index contributed by atoms with van der Waals surface area (Å²) in [6, 6.07) is 0. The molecular formula is C23H36O4. The Hall–Kier alpha value is -0.900. The molecule has 4 nitrogen and oxygen atoms in total. The number of hydrogen-bond acceptors (Lipinski definition) is 4. The first-order chi connectivity index (χ1) is 12.9. The molecule has 0 amide bonds. The summed E-state index contributed by atoms with van der Waals surface area (Å²) in [6.45, 7) is 7.25. The van der Waals surface area contributed by atoms with Gasteiger partial charge in [-0.05, 0) is 86.4 Å². The average Bonchev–Trinajstić information content (AvgIpc) is 2.97. The van der Waals surface area contributed by atoms with Crippen LogP contribution in [0, 0.1) is 34.5 Å². The molecule has 0 aromatic heterocycles. The Morgan fingerprint density at radius 3 is 2.59 bits per heavy atom. The van der Waals surface area contributed by atoms with Gasteiger partial charge in [0, 0.05) is 12.8 Å². The number of carbonyl (C=O) groups is 2. The maximum atomic E-state index is 12.0. The van der Waals surface area contributed by atoms with Crippen molar-refractivity contribution in [2.45, 2.75) is 84.7 Å². The summed E-state index contributed by atoms with van der Waals surface area (Å²) >= 11 is 0. The van der Waals surface area contributed by atoms with Crippen LogP contribution in [0.4, 0.5) is 0 Å². The summed E-state index contributed by atoms with van der Waals surface area (Å²) in [5.74, 6) is 3.11. The van der Waals surface area contributed by atoms with Gasteiger partial charge in [-0.15, -0.1) is 0 Å². The number of esters is 1. The van der Waals surface area contributed by atoms with Crippen molar-refractivity contribution < 1.29 is 19.1 Å². The number of ether oxygens (including phenoxy) is 2. The number of ketones is 1. The van der Waals surface area contributed by atoms with E-state index in [1.807, 2.05) is 6.92 Å². The summed E-state index contributed by atoms with van der Waals surface area (Å²) in [7, 11) is 0. The molecule has 7 atom stereocenters. The molecule has 4 aliphatic carbocycles. The van der Waals surface area contributed by atoms with Crippen molar-refractivity contribution in [3.05, 3.63) is 0 Å². The van der Waals surface area contributed by atoms with Crippen LogP contribution in [0.1, 0.15) is 78.6 Å². The minimum atomic E-state index is -0.238. The van der Waals surface area contributed by atoms with Gasteiger partial charge < -0.3 is 9.47 Å². The molecule has 27 heavy (non-hydrogen) atoms. The molecule has 152 valence electrons. The molecule has 0 bridgehead atoms. The van der Waals surface area contributed by atoms with Gasteiger partial charge in [0.05, 0.1) is 12.7 Å². The van der Waals surface area contributed by atoms with E-state index in [0.29, 0.717) is 29.6 Å². The fourth-order valence-corrected chi connectivity index (χ4v) is 7.64. The Bertz CT molecular complexity index is 601. The first-order valence-electron chi connectivity index (χ1n) is 11.2. The highest BCUT2D eigenvalue weighted by Crippen LogP contribution is 2.66. The third-order valence-electron chi connectivity index (χ3n) is 9.10. The lowest BCUT2D eigenvalue weighted by Crippen LogP contribution is -2.54. The van der Waals surface area contributed by atoms with E-state index in [9.17, 15) is 9.59 Å². The van der Waals surface area contributed by atoms with Crippen molar-refractivity contribution >= 4 is 11.8 Å². The highest BCUT2D eigenvalue weighted by atomic mass is 16.6. The van der Waals surface area contributed by atoms with Crippen molar-refractivity contribution in [1.29, 1.82) is 0 Å². The fraction of sp³-hybridized carbons (Fsp3) is 0.913. The van der Waals surface area contributed by atoms with E-state index in [1.165, 1.54) is 32.1 Å². The quantitative estimate of drug-likeness (QED) is 0.676. The Labute approximate surface area is 163 Å². The monoisotopic (exact) mass is 376 g/mol. The Morgan fingerprint density at radius 1 is 1.04 bits per heavy atom. The van der Waals surface area contributed by atoms with Crippen LogP contribution in [-0.2, 0) is 19.1 Å². The van der Waals surface area contributed by atoms with Gasteiger partial charge in [0.15, 0.2) is 0 Å². The van der Waals surface area contributed by atoms with Crippen molar-refractivity contribution in [3.63, 3.8) is 0 Å². The van der Waals surface area contributed by atoms with Gasteiger partial charge in [0.2, 0.25) is 0 Å². The number of Topliss-reactive ketones (excluding diaryl/α,β-unsaturated/α-hetero) is 1. The molecule has 4 heteroatoms. The van der Waals surface area contributed by atoms with Crippen LogP contribution in [-0.4, -0.2) is 31.1 Å². The molecular weight excluding hydrogens is 340 g/mol.